The molecular weight excluding hydrogens is 204 g/mol. The highest BCUT2D eigenvalue weighted by Gasteiger charge is 2.15. The van der Waals surface area contributed by atoms with E-state index in [0.717, 1.165) is 11.8 Å². The van der Waals surface area contributed by atoms with Gasteiger partial charge in [-0.15, -0.1) is 0 Å². The third kappa shape index (κ3) is 5.44. The molecule has 0 radical (unpaired) electrons. The Hall–Kier alpha value is 0. The van der Waals surface area contributed by atoms with Gasteiger partial charge in [0.25, 0.3) is 0 Å². The summed E-state index contributed by atoms with van der Waals surface area (Å²) in [6.45, 7) is 0. The maximum atomic E-state index is 1.55. The molecule has 0 spiro atoms. The zero-order valence-electron chi connectivity index (χ0n) is 11.8. The first kappa shape index (κ1) is 13.4. The van der Waals surface area contributed by atoms with Crippen LogP contribution in [-0.2, 0) is 0 Å². The van der Waals surface area contributed by atoms with E-state index < -0.39 is 0 Å². The molecule has 0 aromatic heterocycles. The van der Waals surface area contributed by atoms with Crippen LogP contribution in [0.1, 0.15) is 96.3 Å². The first-order valence-electron chi connectivity index (χ1n) is 8.45. The molecule has 2 fully saturated rings. The van der Waals surface area contributed by atoms with Gasteiger partial charge >= 0.3 is 0 Å². The maximum absolute atomic E-state index is 1.55. The van der Waals surface area contributed by atoms with Crippen molar-refractivity contribution in [2.45, 2.75) is 96.3 Å². The van der Waals surface area contributed by atoms with Gasteiger partial charge < -0.3 is 0 Å². The van der Waals surface area contributed by atoms with E-state index in [1.54, 1.807) is 38.5 Å². The van der Waals surface area contributed by atoms with Gasteiger partial charge in [0.2, 0.25) is 0 Å². The quantitative estimate of drug-likeness (QED) is 0.477. The van der Waals surface area contributed by atoms with Crippen LogP contribution in [0.2, 0.25) is 0 Å². The molecule has 0 aromatic carbocycles. The average molecular weight is 236 g/mol. The summed E-state index contributed by atoms with van der Waals surface area (Å²) in [6.07, 6.45) is 23.0. The SMILES string of the molecule is C1CCCC2CCCCCCC(CC1)CCC2. The second-order valence-corrected chi connectivity index (χ2v) is 6.65. The van der Waals surface area contributed by atoms with Crippen LogP contribution in [0.5, 0.6) is 0 Å². The van der Waals surface area contributed by atoms with Crippen LogP contribution >= 0.6 is 0 Å². The van der Waals surface area contributed by atoms with E-state index in [-0.39, 0.29) is 0 Å². The van der Waals surface area contributed by atoms with E-state index in [0.29, 0.717) is 0 Å². The lowest BCUT2D eigenvalue weighted by atomic mass is 9.89. The normalized spacial score (nSPS) is 33.9. The molecule has 100 valence electrons. The van der Waals surface area contributed by atoms with Crippen LogP contribution < -0.4 is 0 Å². The zero-order valence-corrected chi connectivity index (χ0v) is 11.8. The maximum Gasteiger partial charge on any atom is -0.0414 e. The van der Waals surface area contributed by atoms with Crippen molar-refractivity contribution in [1.29, 1.82) is 0 Å². The van der Waals surface area contributed by atoms with Gasteiger partial charge in [-0.3, -0.25) is 0 Å². The van der Waals surface area contributed by atoms with Gasteiger partial charge in [-0.25, -0.2) is 0 Å². The molecule has 2 bridgehead atoms. The van der Waals surface area contributed by atoms with E-state index in [4.69, 9.17) is 0 Å². The fraction of sp³-hybridized carbons (Fsp3) is 1.00. The summed E-state index contributed by atoms with van der Waals surface area (Å²) in [5, 5.41) is 0. The minimum atomic E-state index is 1.09. The van der Waals surface area contributed by atoms with E-state index in [1.165, 1.54) is 57.8 Å². The van der Waals surface area contributed by atoms with Gasteiger partial charge in [0.1, 0.15) is 0 Å². The Morgan fingerprint density at radius 3 is 0.941 bits per heavy atom. The van der Waals surface area contributed by atoms with Crippen molar-refractivity contribution in [2.24, 2.45) is 11.8 Å². The largest absolute Gasteiger partial charge is 0.0533 e. The molecule has 2 aliphatic rings. The highest BCUT2D eigenvalue weighted by atomic mass is 14.2. The number of rotatable bonds is 0. The summed E-state index contributed by atoms with van der Waals surface area (Å²) in [4.78, 5) is 0. The summed E-state index contributed by atoms with van der Waals surface area (Å²) in [5.41, 5.74) is 0. The first-order chi connectivity index (χ1) is 8.45. The van der Waals surface area contributed by atoms with Crippen molar-refractivity contribution in [2.75, 3.05) is 0 Å². The molecule has 0 atom stereocenters. The highest BCUT2D eigenvalue weighted by Crippen LogP contribution is 2.30. The smallest absolute Gasteiger partial charge is 0.0414 e. The van der Waals surface area contributed by atoms with Gasteiger partial charge in [0.05, 0.1) is 0 Å². The van der Waals surface area contributed by atoms with Crippen LogP contribution in [0, 0.1) is 11.8 Å². The molecule has 0 saturated heterocycles. The molecule has 0 aliphatic heterocycles. The predicted molar refractivity (Wildman–Crippen MR) is 76.2 cm³/mol. The molecule has 0 heterocycles. The fourth-order valence-corrected chi connectivity index (χ4v) is 4.00. The lowest BCUT2D eigenvalue weighted by molar-refractivity contribution is 0.359. The molecule has 2 rings (SSSR count). The van der Waals surface area contributed by atoms with Crippen LogP contribution in [0.15, 0.2) is 0 Å². The van der Waals surface area contributed by atoms with Crippen molar-refractivity contribution in [3.63, 3.8) is 0 Å². The zero-order chi connectivity index (χ0) is 11.8. The monoisotopic (exact) mass is 236 g/mol. The third-order valence-corrected chi connectivity index (χ3v) is 5.17. The molecule has 0 nitrogen and oxygen atoms in total. The number of hydrogen-bond donors (Lipinski definition) is 0. The second kappa shape index (κ2) is 8.16. The summed E-state index contributed by atoms with van der Waals surface area (Å²) in [5.74, 6) is 2.18. The molecule has 2 aliphatic carbocycles. The van der Waals surface area contributed by atoms with Gasteiger partial charge in [0.15, 0.2) is 0 Å². The lowest BCUT2D eigenvalue weighted by Crippen LogP contribution is -2.03. The first-order valence-corrected chi connectivity index (χ1v) is 8.45. The molecule has 17 heavy (non-hydrogen) atoms. The van der Waals surface area contributed by atoms with Crippen molar-refractivity contribution < 1.29 is 0 Å². The van der Waals surface area contributed by atoms with Crippen LogP contribution in [0.25, 0.3) is 0 Å². The molecular formula is C17H32. The lowest BCUT2D eigenvalue weighted by Gasteiger charge is -2.17. The minimum absolute atomic E-state index is 1.09. The number of fused-ring (bicyclic) bond motifs is 4. The molecule has 0 amide bonds. The Morgan fingerprint density at radius 2 is 0.588 bits per heavy atom. The Balaban J connectivity index is 1.90. The summed E-state index contributed by atoms with van der Waals surface area (Å²) in [6, 6.07) is 0. The molecule has 0 N–H and O–H groups in total. The molecule has 0 aromatic rings. The average Bonchev–Trinajstić information content (AvgIpc) is 2.42. The van der Waals surface area contributed by atoms with Gasteiger partial charge in [-0.2, -0.15) is 0 Å². The van der Waals surface area contributed by atoms with Gasteiger partial charge in [-0.1, -0.05) is 96.3 Å². The summed E-state index contributed by atoms with van der Waals surface area (Å²) in [7, 11) is 0. The Morgan fingerprint density at radius 1 is 0.294 bits per heavy atom. The fourth-order valence-electron chi connectivity index (χ4n) is 4.00. The van der Waals surface area contributed by atoms with Crippen molar-refractivity contribution in [3.8, 4) is 0 Å². The standard InChI is InChI=1S/C17H32/c1-2-6-11-17-13-8-4-3-7-12-16(10-5-1)14-9-15-17/h16-17H,1-15H2. The summed E-state index contributed by atoms with van der Waals surface area (Å²) >= 11 is 0. The van der Waals surface area contributed by atoms with E-state index in [1.807, 2.05) is 0 Å². The van der Waals surface area contributed by atoms with Crippen molar-refractivity contribution in [3.05, 3.63) is 0 Å². The number of hydrogen-bond acceptors (Lipinski definition) is 0. The molecule has 0 unspecified atom stereocenters. The van der Waals surface area contributed by atoms with Crippen molar-refractivity contribution >= 4 is 0 Å². The topological polar surface area (TPSA) is 0 Å². The van der Waals surface area contributed by atoms with Gasteiger partial charge in [0, 0.05) is 0 Å². The van der Waals surface area contributed by atoms with Crippen LogP contribution in [0.3, 0.4) is 0 Å². The Kier molecular flexibility index (Phi) is 6.45. The third-order valence-electron chi connectivity index (χ3n) is 5.17. The predicted octanol–water partition coefficient (Wildman–Crippen LogP) is 6.10. The van der Waals surface area contributed by atoms with Crippen molar-refractivity contribution in [1.82, 2.24) is 0 Å². The van der Waals surface area contributed by atoms with Gasteiger partial charge in [-0.05, 0) is 11.8 Å². The Bertz CT molecular complexity index is 148. The summed E-state index contributed by atoms with van der Waals surface area (Å²) < 4.78 is 0. The molecule has 0 heteroatoms. The molecule has 2 saturated carbocycles. The second-order valence-electron chi connectivity index (χ2n) is 6.65. The van der Waals surface area contributed by atoms with Crippen LogP contribution in [-0.4, -0.2) is 0 Å². The Labute approximate surface area is 109 Å². The van der Waals surface area contributed by atoms with E-state index in [9.17, 15) is 0 Å². The van der Waals surface area contributed by atoms with Crippen LogP contribution in [0.4, 0.5) is 0 Å². The van der Waals surface area contributed by atoms with E-state index in [2.05, 4.69) is 0 Å². The van der Waals surface area contributed by atoms with E-state index >= 15 is 0 Å². The minimum Gasteiger partial charge on any atom is -0.0533 e. The highest BCUT2D eigenvalue weighted by molar-refractivity contribution is 4.68.